The second-order valence-corrected chi connectivity index (χ2v) is 8.09. The van der Waals surface area contributed by atoms with Gasteiger partial charge in [0.25, 0.3) is 17.7 Å². The van der Waals surface area contributed by atoms with Gasteiger partial charge in [-0.2, -0.15) is 0 Å². The number of anilines is 2. The van der Waals surface area contributed by atoms with Crippen molar-refractivity contribution in [2.45, 2.75) is 0 Å². The number of fused-ring (bicyclic) bond motifs is 1. The molecule has 0 spiro atoms. The fourth-order valence-corrected chi connectivity index (χ4v) is 4.37. The number of aromatic nitrogens is 1. The van der Waals surface area contributed by atoms with E-state index in [9.17, 15) is 14.4 Å². The smallest absolute Gasteiger partial charge is 0.266 e. The Morgan fingerprint density at radius 3 is 2.12 bits per heavy atom. The van der Waals surface area contributed by atoms with Gasteiger partial charge in [-0.25, -0.2) is 9.88 Å². The van der Waals surface area contributed by atoms with Crippen molar-refractivity contribution < 1.29 is 19.1 Å². The topological polar surface area (TPSA) is 88.6 Å². The molecule has 33 heavy (non-hydrogen) atoms. The second kappa shape index (κ2) is 8.33. The van der Waals surface area contributed by atoms with E-state index in [1.54, 1.807) is 55.6 Å². The largest absolute Gasteiger partial charge is 0.496 e. The number of hydrogen-bond donors (Lipinski definition) is 1. The first-order valence-electron chi connectivity index (χ1n) is 10.0. The lowest BCUT2D eigenvalue weighted by Gasteiger charge is -2.14. The lowest BCUT2D eigenvalue weighted by atomic mass is 10.1. The quantitative estimate of drug-likeness (QED) is 0.434. The van der Waals surface area contributed by atoms with Gasteiger partial charge in [-0.1, -0.05) is 24.3 Å². The fourth-order valence-electron chi connectivity index (χ4n) is 3.67. The van der Waals surface area contributed by atoms with Crippen molar-refractivity contribution in [2.75, 3.05) is 17.3 Å². The highest BCUT2D eigenvalue weighted by molar-refractivity contribution is 7.14. The summed E-state index contributed by atoms with van der Waals surface area (Å²) in [6.07, 6.45) is 0. The molecule has 0 bridgehead atoms. The molecule has 1 N–H and O–H groups in total. The number of nitrogens with zero attached hydrogens (tertiary/aromatic N) is 2. The molecule has 0 atom stereocenters. The molecule has 7 nitrogen and oxygen atoms in total. The normalized spacial score (nSPS) is 12.6. The molecule has 162 valence electrons. The number of carbonyl (C=O) groups excluding carboxylic acids is 3. The molecule has 2 heterocycles. The Labute approximate surface area is 193 Å². The van der Waals surface area contributed by atoms with Crippen LogP contribution in [0.4, 0.5) is 10.8 Å². The van der Waals surface area contributed by atoms with Crippen molar-refractivity contribution >= 4 is 39.9 Å². The maximum atomic E-state index is 12.7. The molecule has 3 amide bonds. The first-order valence-corrected chi connectivity index (χ1v) is 10.9. The number of nitrogens with one attached hydrogen (secondary N) is 1. The van der Waals surface area contributed by atoms with Gasteiger partial charge in [0.2, 0.25) is 0 Å². The van der Waals surface area contributed by atoms with Gasteiger partial charge in [-0.3, -0.25) is 19.7 Å². The molecule has 8 heteroatoms. The second-order valence-electron chi connectivity index (χ2n) is 7.23. The highest BCUT2D eigenvalue weighted by atomic mass is 32.1. The van der Waals surface area contributed by atoms with Crippen molar-refractivity contribution in [2.24, 2.45) is 0 Å². The van der Waals surface area contributed by atoms with Gasteiger partial charge in [0.15, 0.2) is 5.13 Å². The zero-order valence-electron chi connectivity index (χ0n) is 17.4. The standard InChI is InChI=1S/C25H17N3O4S/c1-32-21-9-5-4-8-19(21)20-14-33-25(26-20)27-22(29)15-10-12-16(13-11-15)28-23(30)17-6-2-3-7-18(17)24(28)31/h2-14H,1H3,(H,26,27,29). The van der Waals surface area contributed by atoms with E-state index in [2.05, 4.69) is 10.3 Å². The van der Waals surface area contributed by atoms with Crippen LogP contribution in [0, 0.1) is 0 Å². The monoisotopic (exact) mass is 455 g/mol. The number of imide groups is 1. The number of thiazole rings is 1. The number of methoxy groups -OCH3 is 1. The highest BCUT2D eigenvalue weighted by Gasteiger charge is 2.36. The summed E-state index contributed by atoms with van der Waals surface area (Å²) in [5, 5.41) is 5.08. The zero-order valence-corrected chi connectivity index (χ0v) is 18.3. The molecule has 4 aromatic rings. The lowest BCUT2D eigenvalue weighted by molar-refractivity contribution is 0.0925. The Kier molecular flexibility index (Phi) is 5.20. The Hall–Kier alpha value is -4.30. The highest BCUT2D eigenvalue weighted by Crippen LogP contribution is 2.32. The van der Waals surface area contributed by atoms with Crippen LogP contribution in [0.25, 0.3) is 11.3 Å². The number of ether oxygens (including phenoxy) is 1. The molecule has 1 aliphatic rings. The van der Waals surface area contributed by atoms with E-state index in [-0.39, 0.29) is 17.7 Å². The maximum absolute atomic E-state index is 12.7. The summed E-state index contributed by atoms with van der Waals surface area (Å²) in [6.45, 7) is 0. The minimum Gasteiger partial charge on any atom is -0.496 e. The van der Waals surface area contributed by atoms with Crippen LogP contribution in [0.15, 0.2) is 78.2 Å². The zero-order chi connectivity index (χ0) is 22.9. The van der Waals surface area contributed by atoms with Gasteiger partial charge in [0, 0.05) is 16.5 Å². The van der Waals surface area contributed by atoms with Crippen molar-refractivity contribution in [3.8, 4) is 17.0 Å². The molecule has 5 rings (SSSR count). The van der Waals surface area contributed by atoms with Crippen LogP contribution in [0.5, 0.6) is 5.75 Å². The third-order valence-electron chi connectivity index (χ3n) is 5.29. The van der Waals surface area contributed by atoms with Crippen LogP contribution in [-0.4, -0.2) is 29.8 Å². The van der Waals surface area contributed by atoms with E-state index in [0.717, 1.165) is 10.5 Å². The summed E-state index contributed by atoms with van der Waals surface area (Å²) in [4.78, 5) is 43.6. The van der Waals surface area contributed by atoms with Crippen molar-refractivity contribution in [1.82, 2.24) is 4.98 Å². The van der Waals surface area contributed by atoms with Gasteiger partial charge in [-0.15, -0.1) is 11.3 Å². The van der Waals surface area contributed by atoms with E-state index in [1.165, 1.54) is 11.3 Å². The first-order chi connectivity index (χ1) is 16.1. The minimum atomic E-state index is -0.376. The molecular formula is C25H17N3O4S. The molecule has 0 saturated heterocycles. The molecule has 0 radical (unpaired) electrons. The van der Waals surface area contributed by atoms with E-state index in [1.807, 2.05) is 29.6 Å². The van der Waals surface area contributed by atoms with Crippen LogP contribution >= 0.6 is 11.3 Å². The van der Waals surface area contributed by atoms with Crippen molar-refractivity contribution in [3.63, 3.8) is 0 Å². The molecule has 0 unspecified atom stereocenters. The number of hydrogen-bond acceptors (Lipinski definition) is 6. The summed E-state index contributed by atoms with van der Waals surface area (Å²) in [6, 6.07) is 20.5. The van der Waals surface area contributed by atoms with Crippen LogP contribution in [0.1, 0.15) is 31.1 Å². The van der Waals surface area contributed by atoms with Gasteiger partial charge in [0.1, 0.15) is 5.75 Å². The Morgan fingerprint density at radius 1 is 0.879 bits per heavy atom. The number of amides is 3. The fraction of sp³-hybridized carbons (Fsp3) is 0.0400. The Morgan fingerprint density at radius 2 is 1.48 bits per heavy atom. The van der Waals surface area contributed by atoms with Crippen LogP contribution < -0.4 is 15.0 Å². The molecular weight excluding hydrogens is 438 g/mol. The third-order valence-corrected chi connectivity index (χ3v) is 6.05. The molecule has 1 aromatic heterocycles. The van der Waals surface area contributed by atoms with Crippen LogP contribution in [0.3, 0.4) is 0 Å². The van der Waals surface area contributed by atoms with E-state index < -0.39 is 0 Å². The van der Waals surface area contributed by atoms with Gasteiger partial charge < -0.3 is 4.74 Å². The summed E-state index contributed by atoms with van der Waals surface area (Å²) < 4.78 is 5.37. The summed E-state index contributed by atoms with van der Waals surface area (Å²) in [7, 11) is 1.60. The molecule has 1 aliphatic heterocycles. The maximum Gasteiger partial charge on any atom is 0.266 e. The Bertz CT molecular complexity index is 1360. The van der Waals surface area contributed by atoms with Crippen LogP contribution in [0.2, 0.25) is 0 Å². The SMILES string of the molecule is COc1ccccc1-c1csc(NC(=O)c2ccc(N3C(=O)c4ccccc4C3=O)cc2)n1. The van der Waals surface area contributed by atoms with E-state index >= 15 is 0 Å². The lowest BCUT2D eigenvalue weighted by Crippen LogP contribution is -2.29. The van der Waals surface area contributed by atoms with Gasteiger partial charge >= 0.3 is 0 Å². The number of para-hydroxylation sites is 1. The predicted molar refractivity (Wildman–Crippen MR) is 126 cm³/mol. The molecule has 3 aromatic carbocycles. The molecule has 0 saturated carbocycles. The summed E-state index contributed by atoms with van der Waals surface area (Å²) >= 11 is 1.31. The van der Waals surface area contributed by atoms with E-state index in [0.29, 0.717) is 39.0 Å². The van der Waals surface area contributed by atoms with Gasteiger partial charge in [0.05, 0.1) is 29.6 Å². The van der Waals surface area contributed by atoms with Crippen molar-refractivity contribution in [3.05, 3.63) is 94.9 Å². The number of carbonyl (C=O) groups is 3. The van der Waals surface area contributed by atoms with Crippen LogP contribution in [-0.2, 0) is 0 Å². The average molecular weight is 455 g/mol. The number of benzene rings is 3. The van der Waals surface area contributed by atoms with Gasteiger partial charge in [-0.05, 0) is 48.5 Å². The summed E-state index contributed by atoms with van der Waals surface area (Å²) in [5.74, 6) is -0.395. The average Bonchev–Trinajstić information content (AvgIpc) is 3.42. The third kappa shape index (κ3) is 3.66. The predicted octanol–water partition coefficient (Wildman–Crippen LogP) is 4.87. The Balaban J connectivity index is 1.32. The number of rotatable bonds is 5. The summed E-state index contributed by atoms with van der Waals surface area (Å²) in [5.41, 5.74) is 3.07. The minimum absolute atomic E-state index is 0.343. The van der Waals surface area contributed by atoms with Crippen molar-refractivity contribution in [1.29, 1.82) is 0 Å². The molecule has 0 aliphatic carbocycles. The molecule has 0 fully saturated rings. The first kappa shape index (κ1) is 20.6. The van der Waals surface area contributed by atoms with E-state index in [4.69, 9.17) is 4.74 Å².